The van der Waals surface area contributed by atoms with Crippen molar-refractivity contribution >= 4 is 17.2 Å². The Labute approximate surface area is 164 Å². The first-order valence-corrected chi connectivity index (χ1v) is 8.85. The van der Waals surface area contributed by atoms with Crippen LogP contribution in [0.5, 0.6) is 0 Å². The number of pyridine rings is 1. The number of halogens is 3. The summed E-state index contributed by atoms with van der Waals surface area (Å²) < 4.78 is 40.4. The van der Waals surface area contributed by atoms with Crippen molar-refractivity contribution in [2.75, 3.05) is 5.32 Å². The highest BCUT2D eigenvalue weighted by Crippen LogP contribution is 2.30. The number of alkyl halides is 3. The Hall–Kier alpha value is -3.61. The smallest absolute Gasteiger partial charge is 0.322 e. The molecule has 1 amide bonds. The summed E-state index contributed by atoms with van der Waals surface area (Å²) in [6.45, 7) is 1.98. The molecule has 0 aliphatic rings. The van der Waals surface area contributed by atoms with E-state index in [1.807, 2.05) is 35.9 Å². The first kappa shape index (κ1) is 18.7. The van der Waals surface area contributed by atoms with Gasteiger partial charge in [-0.1, -0.05) is 24.3 Å². The Kier molecular flexibility index (Phi) is 4.58. The summed E-state index contributed by atoms with van der Waals surface area (Å²) in [7, 11) is 0. The Morgan fingerprint density at radius 2 is 1.79 bits per heavy atom. The molecule has 0 saturated carbocycles. The molecule has 0 fully saturated rings. The third-order valence-corrected chi connectivity index (χ3v) is 4.57. The largest absolute Gasteiger partial charge is 0.416 e. The Morgan fingerprint density at radius 1 is 1.03 bits per heavy atom. The van der Waals surface area contributed by atoms with Gasteiger partial charge in [0.25, 0.3) is 5.91 Å². The highest BCUT2D eigenvalue weighted by Gasteiger charge is 2.30. The van der Waals surface area contributed by atoms with Crippen molar-refractivity contribution in [2.24, 2.45) is 0 Å². The van der Waals surface area contributed by atoms with Gasteiger partial charge in [-0.05, 0) is 48.9 Å². The lowest BCUT2D eigenvalue weighted by molar-refractivity contribution is -0.137. The summed E-state index contributed by atoms with van der Waals surface area (Å²) in [5.74, 6) is -0.604. The van der Waals surface area contributed by atoms with E-state index >= 15 is 0 Å². The topological polar surface area (TPSA) is 46.4 Å². The van der Waals surface area contributed by atoms with E-state index in [0.717, 1.165) is 34.6 Å². The molecule has 0 bridgehead atoms. The molecule has 7 heteroatoms. The van der Waals surface area contributed by atoms with Crippen LogP contribution in [0.4, 0.5) is 18.9 Å². The zero-order valence-corrected chi connectivity index (χ0v) is 15.4. The Balaban J connectivity index is 1.53. The number of amides is 1. The molecule has 1 N–H and O–H groups in total. The zero-order chi connectivity index (χ0) is 20.6. The van der Waals surface area contributed by atoms with Crippen molar-refractivity contribution in [3.8, 4) is 11.3 Å². The van der Waals surface area contributed by atoms with Crippen LogP contribution in [0, 0.1) is 6.92 Å². The summed E-state index contributed by atoms with van der Waals surface area (Å²) >= 11 is 0. The lowest BCUT2D eigenvalue weighted by atomic mass is 10.1. The summed E-state index contributed by atoms with van der Waals surface area (Å²) in [6, 6.07) is 15.3. The van der Waals surface area contributed by atoms with Gasteiger partial charge in [0.15, 0.2) is 0 Å². The summed E-state index contributed by atoms with van der Waals surface area (Å²) in [5, 5.41) is 2.62. The molecule has 0 aliphatic heterocycles. The number of nitrogens with zero attached hydrogens (tertiary/aromatic N) is 2. The van der Waals surface area contributed by atoms with E-state index < -0.39 is 17.6 Å². The molecule has 2 heterocycles. The fourth-order valence-corrected chi connectivity index (χ4v) is 3.06. The Morgan fingerprint density at radius 3 is 2.48 bits per heavy atom. The molecule has 0 atom stereocenters. The van der Waals surface area contributed by atoms with Gasteiger partial charge >= 0.3 is 6.18 Å². The van der Waals surface area contributed by atoms with Gasteiger partial charge in [0.2, 0.25) is 0 Å². The number of nitrogens with one attached hydrogen (secondary N) is 1. The van der Waals surface area contributed by atoms with Crippen LogP contribution in [0.15, 0.2) is 73.1 Å². The minimum absolute atomic E-state index is 0.0558. The van der Waals surface area contributed by atoms with E-state index in [0.29, 0.717) is 5.69 Å². The average molecular weight is 395 g/mol. The predicted molar refractivity (Wildman–Crippen MR) is 105 cm³/mol. The maximum Gasteiger partial charge on any atom is 0.416 e. The van der Waals surface area contributed by atoms with E-state index in [2.05, 4.69) is 10.3 Å². The first-order valence-electron chi connectivity index (χ1n) is 8.85. The van der Waals surface area contributed by atoms with Crippen molar-refractivity contribution in [1.82, 2.24) is 9.38 Å². The Bertz CT molecular complexity index is 1190. The van der Waals surface area contributed by atoms with Gasteiger partial charge in [0.1, 0.15) is 5.65 Å². The number of rotatable bonds is 3. The van der Waals surface area contributed by atoms with Gasteiger partial charge in [0.05, 0.1) is 11.3 Å². The lowest BCUT2D eigenvalue weighted by Gasteiger charge is -2.09. The number of fused-ring (bicyclic) bond motifs is 1. The van der Waals surface area contributed by atoms with Crippen molar-refractivity contribution in [3.63, 3.8) is 0 Å². The standard InChI is InChI=1S/C22H16F3N3O/c1-14-4-3-11-28-13-19(27-20(14)28)15-7-9-18(10-8-15)26-21(29)16-5-2-6-17(12-16)22(23,24)25/h2-13H,1H3,(H,26,29). The van der Waals surface area contributed by atoms with Crippen LogP contribution in [0.2, 0.25) is 0 Å². The molecular formula is C22H16F3N3O. The molecule has 0 unspecified atom stereocenters. The van der Waals surface area contributed by atoms with E-state index in [4.69, 9.17) is 0 Å². The molecule has 146 valence electrons. The third kappa shape index (κ3) is 3.85. The van der Waals surface area contributed by atoms with Gasteiger partial charge in [-0.15, -0.1) is 0 Å². The molecule has 4 rings (SSSR count). The maximum absolute atomic E-state index is 12.8. The van der Waals surface area contributed by atoms with Gasteiger partial charge in [-0.25, -0.2) is 4.98 Å². The van der Waals surface area contributed by atoms with E-state index in [-0.39, 0.29) is 5.56 Å². The molecule has 0 radical (unpaired) electrons. The van der Waals surface area contributed by atoms with Gasteiger partial charge in [0, 0.05) is 29.2 Å². The number of carbonyl (C=O) groups is 1. The van der Waals surface area contributed by atoms with Gasteiger partial charge < -0.3 is 9.72 Å². The maximum atomic E-state index is 12.8. The van der Waals surface area contributed by atoms with Gasteiger partial charge in [-0.2, -0.15) is 13.2 Å². The monoisotopic (exact) mass is 395 g/mol. The van der Waals surface area contributed by atoms with Crippen LogP contribution in [0.1, 0.15) is 21.5 Å². The van der Waals surface area contributed by atoms with Gasteiger partial charge in [-0.3, -0.25) is 4.79 Å². The molecule has 0 spiro atoms. The number of benzene rings is 2. The molecule has 0 saturated heterocycles. The van der Waals surface area contributed by atoms with Crippen molar-refractivity contribution < 1.29 is 18.0 Å². The zero-order valence-electron chi connectivity index (χ0n) is 15.4. The number of hydrogen-bond donors (Lipinski definition) is 1. The fraction of sp³-hybridized carbons (Fsp3) is 0.0909. The van der Waals surface area contributed by atoms with Crippen molar-refractivity contribution in [2.45, 2.75) is 13.1 Å². The lowest BCUT2D eigenvalue weighted by Crippen LogP contribution is -2.13. The summed E-state index contributed by atoms with van der Waals surface area (Å²) in [5.41, 5.74) is 3.15. The van der Waals surface area contributed by atoms with Crippen molar-refractivity contribution in [3.05, 3.63) is 89.7 Å². The first-order chi connectivity index (χ1) is 13.8. The average Bonchev–Trinajstić information content (AvgIpc) is 3.14. The van der Waals surface area contributed by atoms with Crippen LogP contribution in [0.3, 0.4) is 0 Å². The molecule has 0 aliphatic carbocycles. The number of anilines is 1. The summed E-state index contributed by atoms with van der Waals surface area (Å²) in [4.78, 5) is 16.9. The predicted octanol–water partition coefficient (Wildman–Crippen LogP) is 5.58. The second kappa shape index (κ2) is 7.09. The van der Waals surface area contributed by atoms with Crippen LogP contribution in [0.25, 0.3) is 16.9 Å². The number of aromatic nitrogens is 2. The van der Waals surface area contributed by atoms with E-state index in [1.165, 1.54) is 12.1 Å². The minimum atomic E-state index is -4.50. The normalized spacial score (nSPS) is 11.6. The molecule has 4 nitrogen and oxygen atoms in total. The number of aryl methyl sites for hydroxylation is 1. The molecule has 2 aromatic heterocycles. The SMILES string of the molecule is Cc1cccn2cc(-c3ccc(NC(=O)c4cccc(C(F)(F)F)c4)cc3)nc12. The van der Waals surface area contributed by atoms with Crippen molar-refractivity contribution in [1.29, 1.82) is 0 Å². The molecule has 29 heavy (non-hydrogen) atoms. The third-order valence-electron chi connectivity index (χ3n) is 4.57. The van der Waals surface area contributed by atoms with Crippen LogP contribution in [-0.4, -0.2) is 15.3 Å². The number of carbonyl (C=O) groups excluding carboxylic acids is 1. The summed E-state index contributed by atoms with van der Waals surface area (Å²) in [6.07, 6.45) is -0.661. The number of imidazole rings is 1. The second-order valence-electron chi connectivity index (χ2n) is 6.66. The fourth-order valence-electron chi connectivity index (χ4n) is 3.06. The van der Waals surface area contributed by atoms with Crippen LogP contribution < -0.4 is 5.32 Å². The molecule has 2 aromatic carbocycles. The van der Waals surface area contributed by atoms with E-state index in [1.54, 1.807) is 24.3 Å². The second-order valence-corrected chi connectivity index (χ2v) is 6.66. The van der Waals surface area contributed by atoms with E-state index in [9.17, 15) is 18.0 Å². The molecular weight excluding hydrogens is 379 g/mol. The highest BCUT2D eigenvalue weighted by molar-refractivity contribution is 6.04. The van der Waals surface area contributed by atoms with Crippen LogP contribution in [-0.2, 0) is 6.18 Å². The molecule has 4 aromatic rings. The quantitative estimate of drug-likeness (QED) is 0.492. The number of hydrogen-bond acceptors (Lipinski definition) is 2. The van der Waals surface area contributed by atoms with Crippen LogP contribution >= 0.6 is 0 Å². The highest BCUT2D eigenvalue weighted by atomic mass is 19.4. The minimum Gasteiger partial charge on any atom is -0.322 e.